The third kappa shape index (κ3) is 5.75. The summed E-state index contributed by atoms with van der Waals surface area (Å²) in [5.74, 6) is 5.04. The van der Waals surface area contributed by atoms with Crippen molar-refractivity contribution >= 4 is 32.5 Å². The van der Waals surface area contributed by atoms with E-state index in [1.54, 1.807) is 0 Å². The van der Waals surface area contributed by atoms with Gasteiger partial charge in [0.1, 0.15) is 17.8 Å². The molecule has 0 spiro atoms. The highest BCUT2D eigenvalue weighted by Crippen LogP contribution is 2.27. The van der Waals surface area contributed by atoms with Crippen molar-refractivity contribution in [3.05, 3.63) is 47.8 Å². The van der Waals surface area contributed by atoms with E-state index in [4.69, 9.17) is 10.5 Å². The lowest BCUT2D eigenvalue weighted by molar-refractivity contribution is -0.139. The van der Waals surface area contributed by atoms with E-state index in [0.29, 0.717) is 11.4 Å². The molecule has 0 atom stereocenters. The first-order valence-electron chi connectivity index (χ1n) is 9.35. The lowest BCUT2D eigenvalue weighted by Crippen LogP contribution is -2.17. The first kappa shape index (κ1) is 23.9. The average molecular weight is 480 g/mol. The minimum absolute atomic E-state index is 0.0382. The highest BCUT2D eigenvalue weighted by atomic mass is 32.2. The zero-order chi connectivity index (χ0) is 24.4. The van der Waals surface area contributed by atoms with Gasteiger partial charge in [-0.3, -0.25) is 4.79 Å². The Bertz CT molecular complexity index is 1390. The van der Waals surface area contributed by atoms with E-state index in [1.165, 1.54) is 37.4 Å². The Kier molecular flexibility index (Phi) is 6.55. The molecule has 0 unspecified atom stereocenters. The van der Waals surface area contributed by atoms with Gasteiger partial charge in [-0.15, -0.1) is 0 Å². The molecule has 0 saturated carbocycles. The second-order valence-electron chi connectivity index (χ2n) is 7.03. The summed E-state index contributed by atoms with van der Waals surface area (Å²) in [6.45, 7) is -1.18. The Morgan fingerprint density at radius 3 is 2.61 bits per heavy atom. The number of nitrogens with zero attached hydrogens (tertiary/aromatic N) is 2. The Morgan fingerprint density at radius 1 is 1.27 bits per heavy atom. The molecule has 1 heterocycles. The Morgan fingerprint density at radius 2 is 2.00 bits per heavy atom. The van der Waals surface area contributed by atoms with Crippen LogP contribution in [0.1, 0.15) is 15.9 Å². The zero-order valence-electron chi connectivity index (χ0n) is 17.5. The van der Waals surface area contributed by atoms with Crippen molar-refractivity contribution in [3.63, 3.8) is 0 Å². The Balaban J connectivity index is 1.87. The van der Waals surface area contributed by atoms with Crippen molar-refractivity contribution in [2.24, 2.45) is 5.73 Å². The molecule has 1 amide bonds. The third-order valence-corrected chi connectivity index (χ3v) is 5.65. The van der Waals surface area contributed by atoms with E-state index < -0.39 is 28.5 Å². The minimum Gasteiger partial charge on any atom is -0.495 e. The summed E-state index contributed by atoms with van der Waals surface area (Å²) >= 11 is 0. The number of rotatable bonds is 6. The number of ether oxygens (including phenoxy) is 1. The second kappa shape index (κ2) is 9.03. The maximum Gasteiger partial charge on any atom is 0.406 e. The number of alkyl halides is 3. The SMILES string of the molecule is COc1cc(S(C)(=O)=O)ccc1NCC#Cc1cc(C(N)=O)c2ncn(CC(F)(F)F)c2c1. The number of hydrogen-bond acceptors (Lipinski definition) is 6. The molecule has 1 aromatic heterocycles. The van der Waals surface area contributed by atoms with Gasteiger partial charge in [-0.25, -0.2) is 13.4 Å². The molecule has 2 aromatic carbocycles. The molecule has 0 radical (unpaired) electrons. The summed E-state index contributed by atoms with van der Waals surface area (Å²) in [5.41, 5.74) is 6.24. The molecule has 3 N–H and O–H groups in total. The van der Waals surface area contributed by atoms with Crippen LogP contribution in [0.2, 0.25) is 0 Å². The molecule has 3 aromatic rings. The highest BCUT2D eigenvalue weighted by molar-refractivity contribution is 7.90. The van der Waals surface area contributed by atoms with Crippen LogP contribution in [0.15, 0.2) is 41.6 Å². The molecule has 0 aliphatic rings. The fraction of sp³-hybridized carbons (Fsp3) is 0.238. The number of aromatic nitrogens is 2. The van der Waals surface area contributed by atoms with Gasteiger partial charge in [-0.05, 0) is 24.3 Å². The highest BCUT2D eigenvalue weighted by Gasteiger charge is 2.29. The quantitative estimate of drug-likeness (QED) is 0.524. The predicted octanol–water partition coefficient (Wildman–Crippen LogP) is 2.57. The van der Waals surface area contributed by atoms with E-state index >= 15 is 0 Å². The van der Waals surface area contributed by atoms with Crippen molar-refractivity contribution in [2.75, 3.05) is 25.2 Å². The molecule has 3 rings (SSSR count). The summed E-state index contributed by atoms with van der Waals surface area (Å²) in [5, 5.41) is 2.97. The van der Waals surface area contributed by atoms with Gasteiger partial charge in [-0.2, -0.15) is 13.2 Å². The van der Waals surface area contributed by atoms with Crippen molar-refractivity contribution in [1.29, 1.82) is 0 Å². The molecule has 0 saturated heterocycles. The minimum atomic E-state index is -4.47. The lowest BCUT2D eigenvalue weighted by atomic mass is 10.1. The van der Waals surface area contributed by atoms with Gasteiger partial charge in [-0.1, -0.05) is 11.8 Å². The molecule has 0 fully saturated rings. The van der Waals surface area contributed by atoms with Crippen LogP contribution < -0.4 is 15.8 Å². The number of fused-ring (bicyclic) bond motifs is 1. The van der Waals surface area contributed by atoms with Gasteiger partial charge < -0.3 is 20.4 Å². The number of carbonyl (C=O) groups is 1. The number of anilines is 1. The number of benzene rings is 2. The number of imidazole rings is 1. The maximum atomic E-state index is 12.8. The van der Waals surface area contributed by atoms with Crippen molar-refractivity contribution in [2.45, 2.75) is 17.6 Å². The number of methoxy groups -OCH3 is 1. The van der Waals surface area contributed by atoms with Crippen LogP contribution in [0.3, 0.4) is 0 Å². The molecule has 0 bridgehead atoms. The van der Waals surface area contributed by atoms with Gasteiger partial charge in [0.15, 0.2) is 9.84 Å². The Labute approximate surface area is 187 Å². The zero-order valence-corrected chi connectivity index (χ0v) is 18.3. The number of nitrogens with one attached hydrogen (secondary N) is 1. The standard InChI is InChI=1S/C21H19F3N4O4S/c1-32-18-10-14(33(2,30)31)5-6-16(18)26-7-3-4-13-8-15(20(25)29)19-17(9-13)28(12-27-19)11-21(22,23)24/h5-6,8-10,12,26H,7,11H2,1-2H3,(H2,25,29). The number of primary amides is 1. The van der Waals surface area contributed by atoms with Crippen LogP contribution in [0, 0.1) is 11.8 Å². The van der Waals surface area contributed by atoms with Crippen molar-refractivity contribution in [1.82, 2.24) is 9.55 Å². The smallest absolute Gasteiger partial charge is 0.406 e. The first-order valence-corrected chi connectivity index (χ1v) is 11.2. The summed E-state index contributed by atoms with van der Waals surface area (Å²) in [7, 11) is -2.01. The van der Waals surface area contributed by atoms with Gasteiger partial charge in [0, 0.05) is 17.9 Å². The van der Waals surface area contributed by atoms with Gasteiger partial charge >= 0.3 is 6.18 Å². The van der Waals surface area contributed by atoms with Crippen LogP contribution >= 0.6 is 0 Å². The monoisotopic (exact) mass is 480 g/mol. The van der Waals surface area contributed by atoms with Gasteiger partial charge in [0.25, 0.3) is 5.91 Å². The molecule has 33 heavy (non-hydrogen) atoms. The normalized spacial score (nSPS) is 11.7. The van der Waals surface area contributed by atoms with E-state index in [9.17, 15) is 26.4 Å². The molecular weight excluding hydrogens is 461 g/mol. The number of hydrogen-bond donors (Lipinski definition) is 2. The van der Waals surface area contributed by atoms with Crippen LogP contribution in [0.25, 0.3) is 11.0 Å². The molecular formula is C21H19F3N4O4S. The summed E-state index contributed by atoms with van der Waals surface area (Å²) in [6, 6.07) is 7.09. The van der Waals surface area contributed by atoms with E-state index in [0.717, 1.165) is 17.2 Å². The Hall–Kier alpha value is -3.72. The number of carbonyl (C=O) groups excluding carboxylic acids is 1. The topological polar surface area (TPSA) is 116 Å². The predicted molar refractivity (Wildman–Crippen MR) is 116 cm³/mol. The lowest BCUT2D eigenvalue weighted by Gasteiger charge is -2.10. The fourth-order valence-corrected chi connectivity index (χ4v) is 3.71. The summed E-state index contributed by atoms with van der Waals surface area (Å²) in [6.07, 6.45) is -2.40. The maximum absolute atomic E-state index is 12.8. The van der Waals surface area contributed by atoms with Crippen molar-refractivity contribution < 1.29 is 31.1 Å². The number of amides is 1. The van der Waals surface area contributed by atoms with Crippen molar-refractivity contribution in [3.8, 4) is 17.6 Å². The van der Waals surface area contributed by atoms with E-state index in [1.807, 2.05) is 0 Å². The fourth-order valence-electron chi connectivity index (χ4n) is 3.08. The van der Waals surface area contributed by atoms with Gasteiger partial charge in [0.2, 0.25) is 0 Å². The first-order chi connectivity index (χ1) is 15.4. The van der Waals surface area contributed by atoms with Crippen LogP contribution in [-0.4, -0.2) is 50.0 Å². The summed E-state index contributed by atoms with van der Waals surface area (Å²) in [4.78, 5) is 15.8. The van der Waals surface area contributed by atoms with Crippen LogP contribution in [-0.2, 0) is 16.4 Å². The third-order valence-electron chi connectivity index (χ3n) is 4.54. The van der Waals surface area contributed by atoms with Crippen LogP contribution in [0.5, 0.6) is 5.75 Å². The molecule has 174 valence electrons. The molecule has 0 aliphatic heterocycles. The van der Waals surface area contributed by atoms with E-state index in [2.05, 4.69) is 22.1 Å². The number of sulfone groups is 1. The van der Waals surface area contributed by atoms with E-state index in [-0.39, 0.29) is 33.6 Å². The number of halogens is 3. The van der Waals surface area contributed by atoms with Gasteiger partial charge in [0.05, 0.1) is 41.6 Å². The average Bonchev–Trinajstić information content (AvgIpc) is 3.10. The summed E-state index contributed by atoms with van der Waals surface area (Å²) < 4.78 is 68.0. The largest absolute Gasteiger partial charge is 0.495 e. The molecule has 12 heteroatoms. The molecule has 8 nitrogen and oxygen atoms in total. The molecule has 0 aliphatic carbocycles. The van der Waals surface area contributed by atoms with Crippen LogP contribution in [0.4, 0.5) is 18.9 Å². The number of nitrogens with two attached hydrogens (primary N) is 1. The second-order valence-corrected chi connectivity index (χ2v) is 9.05.